The third kappa shape index (κ3) is 2.81. The highest BCUT2D eigenvalue weighted by molar-refractivity contribution is 9.10. The molecule has 0 unspecified atom stereocenters. The van der Waals surface area contributed by atoms with E-state index >= 15 is 0 Å². The first kappa shape index (κ1) is 10.6. The van der Waals surface area contributed by atoms with Crippen LogP contribution in [0.1, 0.15) is 0 Å². The Kier molecular flexibility index (Phi) is 3.58. The van der Waals surface area contributed by atoms with Crippen molar-refractivity contribution >= 4 is 21.9 Å². The van der Waals surface area contributed by atoms with E-state index < -0.39 is 5.97 Å². The van der Waals surface area contributed by atoms with E-state index in [0.29, 0.717) is 4.47 Å². The van der Waals surface area contributed by atoms with Gasteiger partial charge in [-0.25, -0.2) is 9.78 Å². The number of halogens is 1. The first-order chi connectivity index (χ1) is 6.61. The molecule has 5 nitrogen and oxygen atoms in total. The zero-order valence-electron chi connectivity index (χ0n) is 7.05. The molecular weight excluding hydrogens is 252 g/mol. The molecule has 1 rings (SSSR count). The highest BCUT2D eigenvalue weighted by atomic mass is 79.9. The Bertz CT molecular complexity index is 425. The molecule has 14 heavy (non-hydrogen) atoms. The van der Waals surface area contributed by atoms with E-state index in [1.807, 2.05) is 0 Å². The minimum atomic E-state index is -1.04. The number of carboxylic acid groups (broad SMARTS) is 1. The van der Waals surface area contributed by atoms with Crippen molar-refractivity contribution in [3.05, 3.63) is 39.5 Å². The molecule has 0 fully saturated rings. The molecule has 0 spiro atoms. The summed E-state index contributed by atoms with van der Waals surface area (Å²) in [5.74, 6) is -1.04. The molecule has 1 aromatic heterocycles. The van der Waals surface area contributed by atoms with Crippen LogP contribution in [0.25, 0.3) is 0 Å². The van der Waals surface area contributed by atoms with E-state index in [4.69, 9.17) is 5.11 Å². The number of hydrogen-bond donors (Lipinski definition) is 1. The van der Waals surface area contributed by atoms with Gasteiger partial charge in [0.1, 0.15) is 4.47 Å². The fraction of sp³-hybridized carbons (Fsp3) is 0.125. The van der Waals surface area contributed by atoms with Gasteiger partial charge in [0.25, 0.3) is 5.56 Å². The Labute approximate surface area is 87.8 Å². The number of hydrogen-bond acceptors (Lipinski definition) is 3. The van der Waals surface area contributed by atoms with E-state index in [1.165, 1.54) is 23.2 Å². The van der Waals surface area contributed by atoms with Crippen LogP contribution >= 0.6 is 15.9 Å². The quantitative estimate of drug-likeness (QED) is 0.809. The van der Waals surface area contributed by atoms with E-state index in [0.717, 1.165) is 6.08 Å². The van der Waals surface area contributed by atoms with Crippen molar-refractivity contribution in [3.63, 3.8) is 0 Å². The summed E-state index contributed by atoms with van der Waals surface area (Å²) in [6, 6.07) is 0. The molecule has 0 aliphatic carbocycles. The van der Waals surface area contributed by atoms with Crippen molar-refractivity contribution in [1.29, 1.82) is 0 Å². The molecule has 74 valence electrons. The smallest absolute Gasteiger partial charge is 0.328 e. The number of aromatic nitrogens is 2. The number of allylic oxidation sites excluding steroid dienone is 1. The van der Waals surface area contributed by atoms with Crippen LogP contribution in [0.5, 0.6) is 0 Å². The SMILES string of the molecule is O=C(O)C=CCn1cncc(Br)c1=O. The Morgan fingerprint density at radius 2 is 2.43 bits per heavy atom. The molecule has 1 aromatic rings. The molecule has 1 heterocycles. The maximum atomic E-state index is 11.3. The van der Waals surface area contributed by atoms with Gasteiger partial charge in [0, 0.05) is 18.8 Å². The molecular formula is C8H7BrN2O3. The highest BCUT2D eigenvalue weighted by Crippen LogP contribution is 1.97. The molecule has 0 bridgehead atoms. The van der Waals surface area contributed by atoms with Crippen LogP contribution in [-0.2, 0) is 11.3 Å². The predicted molar refractivity (Wildman–Crippen MR) is 53.0 cm³/mol. The molecule has 0 aliphatic rings. The number of carbonyl (C=O) groups is 1. The van der Waals surface area contributed by atoms with Gasteiger partial charge >= 0.3 is 5.97 Å². The van der Waals surface area contributed by atoms with Gasteiger partial charge in [-0.2, -0.15) is 0 Å². The van der Waals surface area contributed by atoms with Crippen LogP contribution in [0.4, 0.5) is 0 Å². The van der Waals surface area contributed by atoms with E-state index in [-0.39, 0.29) is 12.1 Å². The Morgan fingerprint density at radius 3 is 3.07 bits per heavy atom. The number of rotatable bonds is 3. The summed E-state index contributed by atoms with van der Waals surface area (Å²) >= 11 is 3.03. The maximum Gasteiger partial charge on any atom is 0.328 e. The van der Waals surface area contributed by atoms with Gasteiger partial charge in [-0.05, 0) is 15.9 Å². The lowest BCUT2D eigenvalue weighted by molar-refractivity contribution is -0.131. The fourth-order valence-electron chi connectivity index (χ4n) is 0.821. The van der Waals surface area contributed by atoms with Gasteiger partial charge in [0.2, 0.25) is 0 Å². The number of carboxylic acids is 1. The third-order valence-corrected chi connectivity index (χ3v) is 1.97. The first-order valence-corrected chi connectivity index (χ1v) is 4.50. The fourth-order valence-corrected chi connectivity index (χ4v) is 1.17. The average Bonchev–Trinajstić information content (AvgIpc) is 2.12. The summed E-state index contributed by atoms with van der Waals surface area (Å²) in [4.78, 5) is 25.3. The van der Waals surface area contributed by atoms with Gasteiger partial charge in [-0.3, -0.25) is 9.36 Å². The molecule has 6 heteroatoms. The van der Waals surface area contributed by atoms with Crippen LogP contribution in [0.15, 0.2) is 33.9 Å². The van der Waals surface area contributed by atoms with Crippen molar-refractivity contribution in [1.82, 2.24) is 9.55 Å². The lowest BCUT2D eigenvalue weighted by Gasteiger charge is -1.99. The second-order valence-electron chi connectivity index (χ2n) is 2.44. The van der Waals surface area contributed by atoms with Crippen molar-refractivity contribution in [2.24, 2.45) is 0 Å². The van der Waals surface area contributed by atoms with E-state index in [9.17, 15) is 9.59 Å². The minimum Gasteiger partial charge on any atom is -0.478 e. The topological polar surface area (TPSA) is 72.2 Å². The van der Waals surface area contributed by atoms with Crippen molar-refractivity contribution in [2.45, 2.75) is 6.54 Å². The van der Waals surface area contributed by atoms with Gasteiger partial charge in [-0.15, -0.1) is 0 Å². The molecule has 0 saturated heterocycles. The van der Waals surface area contributed by atoms with Crippen molar-refractivity contribution in [3.8, 4) is 0 Å². The highest BCUT2D eigenvalue weighted by Gasteiger charge is 1.98. The molecule has 0 saturated carbocycles. The van der Waals surface area contributed by atoms with Crippen LogP contribution in [0.3, 0.4) is 0 Å². The normalized spacial score (nSPS) is 10.6. The van der Waals surface area contributed by atoms with Crippen molar-refractivity contribution in [2.75, 3.05) is 0 Å². The molecule has 0 aromatic carbocycles. The standard InChI is InChI=1S/C8H7BrN2O3/c9-6-4-10-5-11(8(6)14)3-1-2-7(12)13/h1-2,4-5H,3H2,(H,12,13). The van der Waals surface area contributed by atoms with Crippen LogP contribution < -0.4 is 5.56 Å². The molecule has 0 aliphatic heterocycles. The lowest BCUT2D eigenvalue weighted by Crippen LogP contribution is -2.19. The average molecular weight is 259 g/mol. The Balaban J connectivity index is 2.83. The predicted octanol–water partition coefficient (Wildman–Crippen LogP) is 0.647. The molecule has 1 N–H and O–H groups in total. The van der Waals surface area contributed by atoms with Crippen LogP contribution in [0, 0.1) is 0 Å². The largest absolute Gasteiger partial charge is 0.478 e. The van der Waals surface area contributed by atoms with E-state index in [2.05, 4.69) is 20.9 Å². The van der Waals surface area contributed by atoms with Gasteiger partial charge in [0.15, 0.2) is 0 Å². The Morgan fingerprint density at radius 1 is 1.71 bits per heavy atom. The van der Waals surface area contributed by atoms with Gasteiger partial charge < -0.3 is 5.11 Å². The summed E-state index contributed by atoms with van der Waals surface area (Å²) < 4.78 is 1.65. The summed E-state index contributed by atoms with van der Waals surface area (Å²) in [6.45, 7) is 0.192. The number of aliphatic carboxylic acids is 1. The van der Waals surface area contributed by atoms with Crippen LogP contribution in [0.2, 0.25) is 0 Å². The van der Waals surface area contributed by atoms with Crippen molar-refractivity contribution < 1.29 is 9.90 Å². The van der Waals surface area contributed by atoms with Gasteiger partial charge in [0.05, 0.1) is 6.33 Å². The summed E-state index contributed by atoms with van der Waals surface area (Å²) in [5, 5.41) is 8.32. The molecule has 0 atom stereocenters. The zero-order valence-corrected chi connectivity index (χ0v) is 8.64. The number of nitrogens with zero attached hydrogens (tertiary/aromatic N) is 2. The zero-order chi connectivity index (χ0) is 10.6. The Hall–Kier alpha value is -1.43. The summed E-state index contributed by atoms with van der Waals surface area (Å²) in [5.41, 5.74) is -0.241. The molecule has 0 radical (unpaired) electrons. The molecule has 0 amide bonds. The summed E-state index contributed by atoms with van der Waals surface area (Å²) in [7, 11) is 0. The van der Waals surface area contributed by atoms with Gasteiger partial charge in [-0.1, -0.05) is 6.08 Å². The second-order valence-corrected chi connectivity index (χ2v) is 3.29. The monoisotopic (exact) mass is 258 g/mol. The lowest BCUT2D eigenvalue weighted by atomic mass is 10.5. The summed E-state index contributed by atoms with van der Waals surface area (Å²) in [6.07, 6.45) is 5.09. The van der Waals surface area contributed by atoms with E-state index in [1.54, 1.807) is 0 Å². The van der Waals surface area contributed by atoms with Crippen LogP contribution in [-0.4, -0.2) is 20.6 Å². The first-order valence-electron chi connectivity index (χ1n) is 3.70. The maximum absolute atomic E-state index is 11.3. The second kappa shape index (κ2) is 4.71. The third-order valence-electron chi connectivity index (χ3n) is 1.42. The minimum absolute atomic E-state index is 0.192.